The Morgan fingerprint density at radius 2 is 1.68 bits per heavy atom. The summed E-state index contributed by atoms with van der Waals surface area (Å²) in [6.07, 6.45) is 1.31. The Hall–Kier alpha value is -2.65. The summed E-state index contributed by atoms with van der Waals surface area (Å²) in [5.74, 6) is -1.37. The van der Waals surface area contributed by atoms with Gasteiger partial charge in [-0.1, -0.05) is 30.7 Å². The quantitative estimate of drug-likeness (QED) is 0.611. The highest BCUT2D eigenvalue weighted by Gasteiger charge is 2.31. The van der Waals surface area contributed by atoms with Gasteiger partial charge in [-0.2, -0.15) is 0 Å². The van der Waals surface area contributed by atoms with Crippen molar-refractivity contribution in [2.75, 3.05) is 24.2 Å². The molecule has 168 valence electrons. The van der Waals surface area contributed by atoms with E-state index in [0.29, 0.717) is 17.0 Å². The lowest BCUT2D eigenvalue weighted by Gasteiger charge is -2.32. The van der Waals surface area contributed by atoms with Gasteiger partial charge in [-0.25, -0.2) is 12.8 Å². The van der Waals surface area contributed by atoms with Crippen LogP contribution in [0.5, 0.6) is 0 Å². The van der Waals surface area contributed by atoms with Gasteiger partial charge in [0.1, 0.15) is 18.4 Å². The number of nitrogens with one attached hydrogen (secondary N) is 1. The lowest BCUT2D eigenvalue weighted by molar-refractivity contribution is -0.140. The zero-order valence-corrected chi connectivity index (χ0v) is 19.1. The van der Waals surface area contributed by atoms with Gasteiger partial charge in [0.25, 0.3) is 0 Å². The number of benzene rings is 2. The lowest BCUT2D eigenvalue weighted by atomic mass is 10.1. The van der Waals surface area contributed by atoms with Gasteiger partial charge >= 0.3 is 0 Å². The molecule has 0 aliphatic carbocycles. The normalized spacial score (nSPS) is 12.2. The van der Waals surface area contributed by atoms with E-state index >= 15 is 0 Å². The van der Waals surface area contributed by atoms with Crippen molar-refractivity contribution in [1.82, 2.24) is 10.2 Å². The minimum Gasteiger partial charge on any atom is -0.357 e. The number of rotatable bonds is 9. The van der Waals surface area contributed by atoms with Gasteiger partial charge in [0.05, 0.1) is 11.9 Å². The van der Waals surface area contributed by atoms with Gasteiger partial charge in [0.15, 0.2) is 0 Å². The van der Waals surface area contributed by atoms with Crippen molar-refractivity contribution >= 4 is 39.1 Å². The van der Waals surface area contributed by atoms with Crippen molar-refractivity contribution in [3.63, 3.8) is 0 Å². The first-order chi connectivity index (χ1) is 14.6. The third kappa shape index (κ3) is 6.67. The second-order valence-corrected chi connectivity index (χ2v) is 9.28. The molecule has 0 bridgehead atoms. The van der Waals surface area contributed by atoms with Crippen molar-refractivity contribution in [2.24, 2.45) is 0 Å². The number of hydrogen-bond acceptors (Lipinski definition) is 4. The summed E-state index contributed by atoms with van der Waals surface area (Å²) >= 11 is 5.89. The topological polar surface area (TPSA) is 86.8 Å². The van der Waals surface area contributed by atoms with E-state index in [1.165, 1.54) is 60.5 Å². The van der Waals surface area contributed by atoms with Crippen molar-refractivity contribution < 1.29 is 22.4 Å². The number of likely N-dealkylation sites (N-methyl/N-ethyl adjacent to an activating group) is 1. The Kier molecular flexibility index (Phi) is 8.41. The predicted octanol–water partition coefficient (Wildman–Crippen LogP) is 2.80. The molecular weight excluding hydrogens is 445 g/mol. The molecule has 2 aromatic carbocycles. The van der Waals surface area contributed by atoms with Crippen molar-refractivity contribution in [3.05, 3.63) is 64.9 Å². The summed E-state index contributed by atoms with van der Waals surface area (Å²) in [4.78, 5) is 27.0. The van der Waals surface area contributed by atoms with Crippen LogP contribution in [0.15, 0.2) is 48.5 Å². The fourth-order valence-electron chi connectivity index (χ4n) is 3.09. The number of carbonyl (C=O) groups excluding carboxylic acids is 2. The van der Waals surface area contributed by atoms with Crippen LogP contribution in [0.4, 0.5) is 10.1 Å². The van der Waals surface area contributed by atoms with Crippen LogP contribution >= 0.6 is 11.6 Å². The number of carbonyl (C=O) groups is 2. The van der Waals surface area contributed by atoms with Crippen LogP contribution in [0.3, 0.4) is 0 Å². The molecule has 7 nitrogen and oxygen atoms in total. The number of halogens is 2. The van der Waals surface area contributed by atoms with Gasteiger partial charge in [-0.3, -0.25) is 13.9 Å². The molecule has 0 spiro atoms. The van der Waals surface area contributed by atoms with Crippen molar-refractivity contribution in [1.29, 1.82) is 0 Å². The summed E-state index contributed by atoms with van der Waals surface area (Å²) in [5, 5.41) is 2.95. The largest absolute Gasteiger partial charge is 0.357 e. The first kappa shape index (κ1) is 24.6. The van der Waals surface area contributed by atoms with Gasteiger partial charge < -0.3 is 10.2 Å². The molecule has 0 aromatic heterocycles. The van der Waals surface area contributed by atoms with E-state index in [0.717, 1.165) is 10.6 Å². The lowest BCUT2D eigenvalue weighted by Crippen LogP contribution is -2.51. The van der Waals surface area contributed by atoms with Gasteiger partial charge in [0, 0.05) is 18.6 Å². The maximum atomic E-state index is 13.3. The fraction of sp³-hybridized carbons (Fsp3) is 0.333. The minimum atomic E-state index is -3.80. The first-order valence-corrected chi connectivity index (χ1v) is 11.8. The molecular formula is C21H25ClFN3O4S. The summed E-state index contributed by atoms with van der Waals surface area (Å²) in [5.41, 5.74) is 0.879. The molecule has 0 saturated heterocycles. The van der Waals surface area contributed by atoms with E-state index in [-0.39, 0.29) is 18.1 Å². The molecule has 2 amide bonds. The van der Waals surface area contributed by atoms with Gasteiger partial charge in [0.2, 0.25) is 21.8 Å². The molecule has 1 atom stereocenters. The third-order valence-electron chi connectivity index (χ3n) is 4.69. The Labute approximate surface area is 186 Å². The van der Waals surface area contributed by atoms with Gasteiger partial charge in [-0.15, -0.1) is 0 Å². The summed E-state index contributed by atoms with van der Waals surface area (Å²) in [6, 6.07) is 10.8. The molecule has 0 fully saturated rings. The molecule has 0 aliphatic rings. The van der Waals surface area contributed by atoms with Crippen LogP contribution in [-0.4, -0.2) is 51.0 Å². The predicted molar refractivity (Wildman–Crippen MR) is 119 cm³/mol. The van der Waals surface area contributed by atoms with Crippen LogP contribution < -0.4 is 9.62 Å². The number of nitrogens with zero attached hydrogens (tertiary/aromatic N) is 2. The molecule has 0 saturated carbocycles. The van der Waals surface area contributed by atoms with Crippen LogP contribution in [0.1, 0.15) is 18.9 Å². The summed E-state index contributed by atoms with van der Waals surface area (Å²) in [7, 11) is -2.34. The second kappa shape index (κ2) is 10.6. The SMILES string of the molecule is CC[C@@H](C(=O)NC)N(Cc1ccc(F)cc1)C(=O)CN(c1ccc(Cl)cc1)S(C)(=O)=O. The van der Waals surface area contributed by atoms with E-state index < -0.39 is 34.3 Å². The van der Waals surface area contributed by atoms with E-state index in [1.807, 2.05) is 0 Å². The van der Waals surface area contributed by atoms with Crippen molar-refractivity contribution in [2.45, 2.75) is 25.9 Å². The molecule has 1 N–H and O–H groups in total. The standard InChI is InChI=1S/C21H25ClFN3O4S/c1-4-19(21(28)24-2)25(13-15-5-9-17(23)10-6-15)20(27)14-26(31(3,29)30)18-11-7-16(22)8-12-18/h5-12,19H,4,13-14H2,1-3H3,(H,24,28)/t19-/m0/s1. The average molecular weight is 470 g/mol. The molecule has 2 rings (SSSR count). The van der Waals surface area contributed by atoms with Crippen LogP contribution in [0, 0.1) is 5.82 Å². The zero-order chi connectivity index (χ0) is 23.2. The monoisotopic (exact) mass is 469 g/mol. The first-order valence-electron chi connectivity index (χ1n) is 9.55. The molecule has 10 heteroatoms. The fourth-order valence-corrected chi connectivity index (χ4v) is 4.07. The van der Waals surface area contributed by atoms with E-state index in [1.54, 1.807) is 6.92 Å². The molecule has 0 radical (unpaired) electrons. The van der Waals surface area contributed by atoms with E-state index in [9.17, 15) is 22.4 Å². The van der Waals surface area contributed by atoms with Gasteiger partial charge in [-0.05, 0) is 48.4 Å². The molecule has 0 heterocycles. The smallest absolute Gasteiger partial charge is 0.244 e. The highest BCUT2D eigenvalue weighted by molar-refractivity contribution is 7.92. The Morgan fingerprint density at radius 3 is 2.16 bits per heavy atom. The Morgan fingerprint density at radius 1 is 1.10 bits per heavy atom. The highest BCUT2D eigenvalue weighted by Crippen LogP contribution is 2.22. The average Bonchev–Trinajstić information content (AvgIpc) is 2.72. The second-order valence-electron chi connectivity index (χ2n) is 6.93. The Bertz CT molecular complexity index is 1010. The number of hydrogen-bond donors (Lipinski definition) is 1. The van der Waals surface area contributed by atoms with Crippen LogP contribution in [-0.2, 0) is 26.2 Å². The highest BCUT2D eigenvalue weighted by atomic mass is 35.5. The molecule has 31 heavy (non-hydrogen) atoms. The third-order valence-corrected chi connectivity index (χ3v) is 6.08. The number of anilines is 1. The minimum absolute atomic E-state index is 0.0171. The zero-order valence-electron chi connectivity index (χ0n) is 17.5. The summed E-state index contributed by atoms with van der Waals surface area (Å²) in [6.45, 7) is 1.26. The number of sulfonamides is 1. The van der Waals surface area contributed by atoms with Crippen LogP contribution in [0.25, 0.3) is 0 Å². The Balaban J connectivity index is 2.40. The maximum absolute atomic E-state index is 13.3. The summed E-state index contributed by atoms with van der Waals surface area (Å²) < 4.78 is 39.0. The van der Waals surface area contributed by atoms with E-state index in [2.05, 4.69) is 5.32 Å². The van der Waals surface area contributed by atoms with Crippen LogP contribution in [0.2, 0.25) is 5.02 Å². The molecule has 2 aromatic rings. The van der Waals surface area contributed by atoms with E-state index in [4.69, 9.17) is 11.6 Å². The van der Waals surface area contributed by atoms with Crippen molar-refractivity contribution in [3.8, 4) is 0 Å². The molecule has 0 unspecified atom stereocenters. The number of amides is 2. The maximum Gasteiger partial charge on any atom is 0.244 e. The molecule has 0 aliphatic heterocycles.